The summed E-state index contributed by atoms with van der Waals surface area (Å²) in [7, 11) is 0. The number of nitrogens with one attached hydrogen (secondary N) is 1. The van der Waals surface area contributed by atoms with E-state index in [2.05, 4.69) is 5.32 Å². The van der Waals surface area contributed by atoms with E-state index in [-0.39, 0.29) is 17.7 Å². The first kappa shape index (κ1) is 19.7. The third-order valence-corrected chi connectivity index (χ3v) is 4.94. The molecule has 0 aliphatic carbocycles. The minimum absolute atomic E-state index is 0.0880. The van der Waals surface area contributed by atoms with Crippen molar-refractivity contribution in [3.05, 3.63) is 24.3 Å². The molecule has 1 heterocycles. The van der Waals surface area contributed by atoms with Gasteiger partial charge in [-0.05, 0) is 25.0 Å². The number of nitrogens with zero attached hydrogens (tertiary/aromatic N) is 1. The molecule has 0 unspecified atom stereocenters. The van der Waals surface area contributed by atoms with Crippen LogP contribution < -0.4 is 5.32 Å². The van der Waals surface area contributed by atoms with Gasteiger partial charge in [0.2, 0.25) is 11.8 Å². The number of carbonyl (C=O) groups is 2. The third kappa shape index (κ3) is 5.42. The molecule has 0 spiro atoms. The van der Waals surface area contributed by atoms with Crippen LogP contribution >= 0.6 is 11.8 Å². The highest BCUT2D eigenvalue weighted by Gasteiger charge is 2.32. The second-order valence-corrected chi connectivity index (χ2v) is 8.21. The van der Waals surface area contributed by atoms with E-state index in [4.69, 9.17) is 0 Å². The molecule has 138 valence electrons. The molecular weight excluding hydrogens is 346 g/mol. The van der Waals surface area contributed by atoms with Crippen LogP contribution in [0.1, 0.15) is 33.6 Å². The Bertz CT molecular complexity index is 624. The maximum absolute atomic E-state index is 12.6. The summed E-state index contributed by atoms with van der Waals surface area (Å²) < 4.78 is 25.2. The molecule has 0 saturated carbocycles. The molecule has 0 bridgehead atoms. The van der Waals surface area contributed by atoms with Gasteiger partial charge in [-0.25, -0.2) is 0 Å². The van der Waals surface area contributed by atoms with E-state index in [1.165, 1.54) is 0 Å². The normalized spacial score (nSPS) is 16.2. The molecule has 4 nitrogen and oxygen atoms in total. The summed E-state index contributed by atoms with van der Waals surface area (Å²) >= 11 is 0.420. The van der Waals surface area contributed by atoms with Crippen molar-refractivity contribution in [3.63, 3.8) is 0 Å². The molecule has 1 N–H and O–H groups in total. The highest BCUT2D eigenvalue weighted by atomic mass is 32.2. The Labute approximate surface area is 151 Å². The number of amides is 2. The van der Waals surface area contributed by atoms with Crippen molar-refractivity contribution >= 4 is 29.3 Å². The number of benzene rings is 1. The first-order valence-electron chi connectivity index (χ1n) is 8.32. The van der Waals surface area contributed by atoms with E-state index >= 15 is 0 Å². The van der Waals surface area contributed by atoms with Gasteiger partial charge in [0.1, 0.15) is 0 Å². The maximum Gasteiger partial charge on any atom is 0.288 e. The summed E-state index contributed by atoms with van der Waals surface area (Å²) in [5.41, 5.74) is -0.0217. The van der Waals surface area contributed by atoms with E-state index < -0.39 is 11.2 Å². The van der Waals surface area contributed by atoms with Crippen molar-refractivity contribution in [1.82, 2.24) is 4.90 Å². The summed E-state index contributed by atoms with van der Waals surface area (Å²) in [6.45, 7) is 6.73. The van der Waals surface area contributed by atoms with Crippen LogP contribution in [-0.4, -0.2) is 35.6 Å². The Balaban J connectivity index is 1.95. The number of para-hydroxylation sites is 1. The van der Waals surface area contributed by atoms with Crippen molar-refractivity contribution in [2.45, 2.75) is 44.3 Å². The monoisotopic (exact) mass is 370 g/mol. The minimum atomic E-state index is -2.54. The van der Waals surface area contributed by atoms with Gasteiger partial charge in [-0.15, -0.1) is 0 Å². The number of carbonyl (C=O) groups excluding carboxylic acids is 2. The fourth-order valence-electron chi connectivity index (χ4n) is 2.82. The van der Waals surface area contributed by atoms with Crippen molar-refractivity contribution in [2.75, 3.05) is 18.4 Å². The lowest BCUT2D eigenvalue weighted by Crippen LogP contribution is -2.45. The Morgan fingerprint density at radius 3 is 2.36 bits per heavy atom. The lowest BCUT2D eigenvalue weighted by molar-refractivity contribution is -0.142. The Morgan fingerprint density at radius 1 is 1.20 bits per heavy atom. The third-order valence-electron chi connectivity index (χ3n) is 4.16. The van der Waals surface area contributed by atoms with E-state index in [9.17, 15) is 18.4 Å². The van der Waals surface area contributed by atoms with E-state index in [0.717, 1.165) is 0 Å². The van der Waals surface area contributed by atoms with Crippen LogP contribution in [0.2, 0.25) is 0 Å². The second kappa shape index (κ2) is 8.17. The standard InChI is InChI=1S/C18H24F2N2O2S/c1-18(2,3)16(24)22-10-8-12(9-11-22)15(23)21-13-6-4-5-7-14(13)25-17(19)20/h4-7,12,17H,8-11H2,1-3H3,(H,21,23). The molecule has 1 aliphatic rings. The van der Waals surface area contributed by atoms with Crippen LogP contribution in [0.15, 0.2) is 29.2 Å². The Hall–Kier alpha value is -1.63. The van der Waals surface area contributed by atoms with Gasteiger partial charge in [-0.3, -0.25) is 9.59 Å². The van der Waals surface area contributed by atoms with Crippen molar-refractivity contribution < 1.29 is 18.4 Å². The second-order valence-electron chi connectivity index (χ2n) is 7.18. The van der Waals surface area contributed by atoms with Gasteiger partial charge in [0, 0.05) is 29.3 Å². The summed E-state index contributed by atoms with van der Waals surface area (Å²) in [5, 5.41) is 2.76. The van der Waals surface area contributed by atoms with Gasteiger partial charge in [0.25, 0.3) is 5.76 Å². The predicted molar refractivity (Wildman–Crippen MR) is 95.7 cm³/mol. The van der Waals surface area contributed by atoms with Gasteiger partial charge >= 0.3 is 0 Å². The zero-order valence-electron chi connectivity index (χ0n) is 14.7. The van der Waals surface area contributed by atoms with Crippen LogP contribution in [0.5, 0.6) is 0 Å². The number of likely N-dealkylation sites (tertiary alicyclic amines) is 1. The quantitative estimate of drug-likeness (QED) is 0.807. The topological polar surface area (TPSA) is 49.4 Å². The van der Waals surface area contributed by atoms with E-state index in [0.29, 0.717) is 48.3 Å². The summed E-state index contributed by atoms with van der Waals surface area (Å²) in [6, 6.07) is 6.56. The molecule has 1 fully saturated rings. The first-order chi connectivity index (χ1) is 11.7. The zero-order valence-corrected chi connectivity index (χ0v) is 15.5. The molecular formula is C18H24F2N2O2S. The number of anilines is 1. The molecule has 1 aliphatic heterocycles. The van der Waals surface area contributed by atoms with Crippen molar-refractivity contribution in [2.24, 2.45) is 11.3 Å². The summed E-state index contributed by atoms with van der Waals surface area (Å²) in [6.07, 6.45) is 1.16. The van der Waals surface area contributed by atoms with E-state index in [1.807, 2.05) is 20.8 Å². The van der Waals surface area contributed by atoms with Gasteiger partial charge in [-0.2, -0.15) is 8.78 Å². The molecule has 2 rings (SSSR count). The summed E-state index contributed by atoms with van der Waals surface area (Å²) in [4.78, 5) is 26.9. The van der Waals surface area contributed by atoms with Crippen molar-refractivity contribution in [1.29, 1.82) is 0 Å². The number of halogens is 2. The molecule has 1 aromatic carbocycles. The SMILES string of the molecule is CC(C)(C)C(=O)N1CCC(C(=O)Nc2ccccc2SC(F)F)CC1. The van der Waals surface area contributed by atoms with Crippen LogP contribution in [-0.2, 0) is 9.59 Å². The average molecular weight is 370 g/mol. The lowest BCUT2D eigenvalue weighted by atomic mass is 9.90. The van der Waals surface area contributed by atoms with Gasteiger partial charge < -0.3 is 10.2 Å². The summed E-state index contributed by atoms with van der Waals surface area (Å²) in [5.74, 6) is -2.84. The van der Waals surface area contributed by atoms with Gasteiger partial charge in [0.15, 0.2) is 0 Å². The number of hydrogen-bond acceptors (Lipinski definition) is 3. The fourth-order valence-corrected chi connectivity index (χ4v) is 3.42. The molecule has 2 amide bonds. The van der Waals surface area contributed by atoms with Crippen LogP contribution in [0.25, 0.3) is 0 Å². The van der Waals surface area contributed by atoms with Crippen LogP contribution in [0.3, 0.4) is 0 Å². The highest BCUT2D eigenvalue weighted by molar-refractivity contribution is 7.99. The van der Waals surface area contributed by atoms with Crippen LogP contribution in [0.4, 0.5) is 14.5 Å². The number of piperidine rings is 1. The number of rotatable bonds is 4. The maximum atomic E-state index is 12.6. The van der Waals surface area contributed by atoms with Gasteiger partial charge in [0.05, 0.1) is 5.69 Å². The van der Waals surface area contributed by atoms with Crippen LogP contribution in [0, 0.1) is 11.3 Å². The first-order valence-corrected chi connectivity index (χ1v) is 9.20. The Morgan fingerprint density at radius 2 is 1.80 bits per heavy atom. The number of hydrogen-bond donors (Lipinski definition) is 1. The molecule has 0 radical (unpaired) electrons. The minimum Gasteiger partial charge on any atom is -0.342 e. The molecule has 0 aromatic heterocycles. The molecule has 1 aromatic rings. The Kier molecular flexibility index (Phi) is 6.43. The average Bonchev–Trinajstić information content (AvgIpc) is 2.54. The van der Waals surface area contributed by atoms with E-state index in [1.54, 1.807) is 29.2 Å². The zero-order chi connectivity index (χ0) is 18.6. The highest BCUT2D eigenvalue weighted by Crippen LogP contribution is 2.32. The smallest absolute Gasteiger partial charge is 0.288 e. The fraction of sp³-hybridized carbons (Fsp3) is 0.556. The predicted octanol–water partition coefficient (Wildman–Crippen LogP) is 4.22. The lowest BCUT2D eigenvalue weighted by Gasteiger charge is -2.35. The molecule has 0 atom stereocenters. The number of alkyl halides is 2. The molecule has 1 saturated heterocycles. The van der Waals surface area contributed by atoms with Crippen molar-refractivity contribution in [3.8, 4) is 0 Å². The number of thioether (sulfide) groups is 1. The van der Waals surface area contributed by atoms with Gasteiger partial charge in [-0.1, -0.05) is 44.7 Å². The largest absolute Gasteiger partial charge is 0.342 e. The molecule has 25 heavy (non-hydrogen) atoms. The molecule has 7 heteroatoms.